The van der Waals surface area contributed by atoms with Gasteiger partial charge in [0.1, 0.15) is 12.6 Å². The maximum absolute atomic E-state index is 13.5. The zero-order chi connectivity index (χ0) is 24.4. The predicted octanol–water partition coefficient (Wildman–Crippen LogP) is 3.03. The van der Waals surface area contributed by atoms with Gasteiger partial charge in [0.25, 0.3) is 5.91 Å². The van der Waals surface area contributed by atoms with Crippen LogP contribution in [0.1, 0.15) is 56.4 Å². The number of likely N-dealkylation sites (tertiary alicyclic amines) is 1. The molecule has 3 aliphatic rings. The Morgan fingerprint density at radius 3 is 2.79 bits per heavy atom. The molecule has 3 N–H and O–H groups in total. The molecular formula is C25H30ClN5O3. The van der Waals surface area contributed by atoms with E-state index in [0.717, 1.165) is 31.3 Å². The van der Waals surface area contributed by atoms with Crippen molar-refractivity contribution in [2.24, 2.45) is 17.1 Å². The van der Waals surface area contributed by atoms with Crippen molar-refractivity contribution in [3.05, 3.63) is 41.1 Å². The number of hydrogen-bond acceptors (Lipinski definition) is 4. The van der Waals surface area contributed by atoms with Crippen molar-refractivity contribution in [3.8, 4) is 0 Å². The fourth-order valence-corrected chi connectivity index (χ4v) is 6.07. The number of rotatable bonds is 5. The average molecular weight is 484 g/mol. The molecule has 3 amide bonds. The number of hydrogen-bond donors (Lipinski definition) is 2. The van der Waals surface area contributed by atoms with Crippen LogP contribution in [0.2, 0.25) is 5.02 Å². The maximum atomic E-state index is 13.5. The van der Waals surface area contributed by atoms with E-state index >= 15 is 0 Å². The van der Waals surface area contributed by atoms with E-state index in [1.165, 1.54) is 4.68 Å². The number of carbonyl (C=O) groups is 3. The molecule has 2 aliphatic carbocycles. The molecule has 2 aromatic rings. The monoisotopic (exact) mass is 483 g/mol. The van der Waals surface area contributed by atoms with Crippen LogP contribution < -0.4 is 11.1 Å². The number of piperidine rings is 1. The lowest BCUT2D eigenvalue weighted by atomic mass is 9.75. The molecule has 0 radical (unpaired) electrons. The van der Waals surface area contributed by atoms with Crippen LogP contribution in [0.4, 0.5) is 0 Å². The highest BCUT2D eigenvalue weighted by Crippen LogP contribution is 2.52. The molecule has 1 aromatic heterocycles. The second-order valence-electron chi connectivity index (χ2n) is 10.7. The molecule has 180 valence electrons. The van der Waals surface area contributed by atoms with Crippen molar-refractivity contribution in [1.82, 2.24) is 20.0 Å². The van der Waals surface area contributed by atoms with Crippen molar-refractivity contribution >= 4 is 40.2 Å². The summed E-state index contributed by atoms with van der Waals surface area (Å²) in [5, 5.41) is 8.50. The van der Waals surface area contributed by atoms with Gasteiger partial charge in [-0.3, -0.25) is 19.1 Å². The lowest BCUT2D eigenvalue weighted by Crippen LogP contribution is -2.52. The Morgan fingerprint density at radius 2 is 2.09 bits per heavy atom. The normalized spacial score (nSPS) is 27.5. The first-order chi connectivity index (χ1) is 16.1. The van der Waals surface area contributed by atoms with E-state index in [2.05, 4.69) is 30.8 Å². The van der Waals surface area contributed by atoms with Crippen LogP contribution in [0.3, 0.4) is 0 Å². The van der Waals surface area contributed by atoms with E-state index in [-0.39, 0.29) is 47.5 Å². The number of amides is 3. The van der Waals surface area contributed by atoms with Gasteiger partial charge in [-0.15, -0.1) is 0 Å². The summed E-state index contributed by atoms with van der Waals surface area (Å²) in [6.07, 6.45) is 4.74. The summed E-state index contributed by atoms with van der Waals surface area (Å²) in [6, 6.07) is 4.45. The highest BCUT2D eigenvalue weighted by Gasteiger charge is 2.59. The molecule has 5 rings (SSSR count). The van der Waals surface area contributed by atoms with Gasteiger partial charge in [-0.2, -0.15) is 5.10 Å². The van der Waals surface area contributed by atoms with E-state index in [4.69, 9.17) is 17.3 Å². The highest BCUT2D eigenvalue weighted by atomic mass is 35.5. The first-order valence-electron chi connectivity index (χ1n) is 11.8. The molecular weight excluding hydrogens is 454 g/mol. The lowest BCUT2D eigenvalue weighted by molar-refractivity contribution is -0.140. The minimum Gasteiger partial charge on any atom is -0.364 e. The minimum absolute atomic E-state index is 0.0869. The summed E-state index contributed by atoms with van der Waals surface area (Å²) in [7, 11) is 0. The Kier molecular flexibility index (Phi) is 5.47. The van der Waals surface area contributed by atoms with Crippen molar-refractivity contribution in [2.75, 3.05) is 0 Å². The van der Waals surface area contributed by atoms with E-state index in [1.54, 1.807) is 23.1 Å². The Balaban J connectivity index is 1.37. The second kappa shape index (κ2) is 8.12. The van der Waals surface area contributed by atoms with E-state index < -0.39 is 11.9 Å². The molecule has 2 saturated carbocycles. The Hall–Kier alpha value is -2.87. The number of primary amides is 1. The van der Waals surface area contributed by atoms with E-state index in [9.17, 15) is 14.4 Å². The van der Waals surface area contributed by atoms with Crippen LogP contribution in [0, 0.1) is 11.3 Å². The van der Waals surface area contributed by atoms with Gasteiger partial charge in [0.15, 0.2) is 5.69 Å². The summed E-state index contributed by atoms with van der Waals surface area (Å²) in [4.78, 5) is 40.3. The van der Waals surface area contributed by atoms with Crippen LogP contribution in [-0.2, 0) is 16.1 Å². The Bertz CT molecular complexity index is 1220. The number of halogens is 1. The summed E-state index contributed by atoms with van der Waals surface area (Å²) in [5.74, 6) is -0.853. The summed E-state index contributed by atoms with van der Waals surface area (Å²) >= 11 is 6.15. The first kappa shape index (κ1) is 22.9. The average Bonchev–Trinajstić information content (AvgIpc) is 3.10. The first-order valence-corrected chi connectivity index (χ1v) is 12.2. The number of fused-ring (bicyclic) bond motifs is 2. The fourth-order valence-electron chi connectivity index (χ4n) is 5.90. The number of carbonyl (C=O) groups excluding carboxylic acids is 3. The minimum atomic E-state index is -0.678. The summed E-state index contributed by atoms with van der Waals surface area (Å²) in [6.45, 7) is 8.42. The third-order valence-corrected chi connectivity index (χ3v) is 7.85. The van der Waals surface area contributed by atoms with Crippen LogP contribution in [0.15, 0.2) is 30.4 Å². The molecule has 0 unspecified atom stereocenters. The molecule has 4 atom stereocenters. The van der Waals surface area contributed by atoms with Gasteiger partial charge in [0.2, 0.25) is 11.8 Å². The molecule has 3 fully saturated rings. The Labute approximate surface area is 203 Å². The molecule has 0 spiro atoms. The molecule has 0 bridgehead atoms. The van der Waals surface area contributed by atoms with Crippen LogP contribution in [0.5, 0.6) is 0 Å². The van der Waals surface area contributed by atoms with Crippen molar-refractivity contribution in [1.29, 1.82) is 0 Å². The van der Waals surface area contributed by atoms with Crippen molar-refractivity contribution in [3.63, 3.8) is 0 Å². The SMILES string of the molecule is C=C1[C@@H]2[C@H]1C[C@@H](C(=O)N[C@@H]1CCCC(C)(C)C1)N2C(=O)Cn1nc(C(N)=O)c2ccc(Cl)cc21. The van der Waals surface area contributed by atoms with Crippen LogP contribution >= 0.6 is 11.6 Å². The standard InChI is InChI=1S/C25H30ClN5O3/c1-13-17-10-19(24(34)28-15-5-4-8-25(2,3)11-15)31(22(13)17)20(32)12-30-18-9-14(26)6-7-16(18)21(29-30)23(27)33/h6-7,9,15,17,19,22H,1,4-5,8,10-12H2,2-3H3,(H2,27,33)(H,28,34)/t15-,17+,19+,22-/m1/s1. The van der Waals surface area contributed by atoms with Crippen LogP contribution in [-0.4, -0.2) is 50.5 Å². The van der Waals surface area contributed by atoms with Gasteiger partial charge < -0.3 is 16.0 Å². The van der Waals surface area contributed by atoms with Gasteiger partial charge in [-0.1, -0.05) is 38.4 Å². The van der Waals surface area contributed by atoms with Crippen molar-refractivity contribution < 1.29 is 14.4 Å². The highest BCUT2D eigenvalue weighted by molar-refractivity contribution is 6.31. The third-order valence-electron chi connectivity index (χ3n) is 7.62. The Morgan fingerprint density at radius 1 is 1.32 bits per heavy atom. The lowest BCUT2D eigenvalue weighted by Gasteiger charge is -2.37. The van der Waals surface area contributed by atoms with E-state index in [1.807, 2.05) is 0 Å². The van der Waals surface area contributed by atoms with Crippen molar-refractivity contribution in [2.45, 2.75) is 70.6 Å². The van der Waals surface area contributed by atoms with Gasteiger partial charge in [-0.05, 0) is 54.9 Å². The van der Waals surface area contributed by atoms with Gasteiger partial charge in [0, 0.05) is 22.4 Å². The molecule has 1 aliphatic heterocycles. The van der Waals surface area contributed by atoms with Gasteiger partial charge in [-0.25, -0.2) is 0 Å². The number of nitrogens with zero attached hydrogens (tertiary/aromatic N) is 3. The maximum Gasteiger partial charge on any atom is 0.269 e. The molecule has 8 nitrogen and oxygen atoms in total. The quantitative estimate of drug-likeness (QED) is 0.637. The number of benzene rings is 1. The number of aromatic nitrogens is 2. The predicted molar refractivity (Wildman–Crippen MR) is 129 cm³/mol. The smallest absolute Gasteiger partial charge is 0.269 e. The van der Waals surface area contributed by atoms with Gasteiger partial charge >= 0.3 is 0 Å². The largest absolute Gasteiger partial charge is 0.364 e. The number of nitrogens with two attached hydrogens (primary N) is 1. The fraction of sp³-hybridized carbons (Fsp3) is 0.520. The molecule has 1 aromatic carbocycles. The molecule has 34 heavy (non-hydrogen) atoms. The number of nitrogens with one attached hydrogen (secondary N) is 1. The molecule has 9 heteroatoms. The zero-order valence-corrected chi connectivity index (χ0v) is 20.3. The van der Waals surface area contributed by atoms with E-state index in [0.29, 0.717) is 22.3 Å². The second-order valence-corrected chi connectivity index (χ2v) is 11.1. The zero-order valence-electron chi connectivity index (χ0n) is 19.5. The van der Waals surface area contributed by atoms with Crippen LogP contribution in [0.25, 0.3) is 10.9 Å². The molecule has 1 saturated heterocycles. The summed E-state index contributed by atoms with van der Waals surface area (Å²) in [5.41, 5.74) is 7.32. The third kappa shape index (κ3) is 3.98. The summed E-state index contributed by atoms with van der Waals surface area (Å²) < 4.78 is 1.45. The molecule has 2 heterocycles. The topological polar surface area (TPSA) is 110 Å². The van der Waals surface area contributed by atoms with Gasteiger partial charge in [0.05, 0.1) is 11.6 Å².